The van der Waals surface area contributed by atoms with Gasteiger partial charge in [-0.15, -0.1) is 0 Å². The molecule has 2 heteroatoms. The van der Waals surface area contributed by atoms with Crippen LogP contribution in [-0.2, 0) is 0 Å². The van der Waals surface area contributed by atoms with Gasteiger partial charge in [0.2, 0.25) is 0 Å². The van der Waals surface area contributed by atoms with Crippen molar-refractivity contribution in [3.8, 4) is 0 Å². The summed E-state index contributed by atoms with van der Waals surface area (Å²) in [5, 5.41) is 4.13. The Morgan fingerprint density at radius 3 is 2.83 bits per heavy atom. The van der Waals surface area contributed by atoms with E-state index >= 15 is 0 Å². The van der Waals surface area contributed by atoms with Gasteiger partial charge < -0.3 is 5.32 Å². The molecule has 0 saturated carbocycles. The predicted octanol–water partition coefficient (Wildman–Crippen LogP) is 3.01. The van der Waals surface area contributed by atoms with Gasteiger partial charge in [-0.25, -0.2) is 0 Å². The minimum absolute atomic E-state index is 0.383. The Kier molecular flexibility index (Phi) is 3.57. The minimum Gasteiger partial charge on any atom is -0.310 e. The quantitative estimate of drug-likeness (QED) is 0.760. The Morgan fingerprint density at radius 1 is 1.50 bits per heavy atom. The number of halogens is 1. The molecule has 1 nitrogen and oxygen atoms in total. The summed E-state index contributed by atoms with van der Waals surface area (Å²) in [6.45, 7) is 5.21. The van der Waals surface area contributed by atoms with Gasteiger partial charge in [0.15, 0.2) is 0 Å². The summed E-state index contributed by atoms with van der Waals surface area (Å²) in [5.41, 5.74) is 1.24. The van der Waals surface area contributed by atoms with Crippen molar-refractivity contribution in [2.75, 3.05) is 6.54 Å². The topological polar surface area (TPSA) is 12.0 Å². The van der Waals surface area contributed by atoms with Crippen LogP contribution >= 0.6 is 11.6 Å². The molecule has 0 saturated heterocycles. The zero-order valence-corrected chi connectivity index (χ0v) is 8.23. The number of nitrogens with one attached hydrogen (secondary N) is 1. The normalized spacial score (nSPS) is 12.9. The van der Waals surface area contributed by atoms with Crippen LogP contribution in [0.4, 0.5) is 0 Å². The fraction of sp³-hybridized carbons (Fsp3) is 0.400. The van der Waals surface area contributed by atoms with Crippen LogP contribution in [0.15, 0.2) is 24.3 Å². The largest absolute Gasteiger partial charge is 0.310 e. The Hall–Kier alpha value is -0.530. The Bertz CT molecular complexity index is 247. The molecule has 0 fully saturated rings. The zero-order chi connectivity index (χ0) is 8.97. The van der Waals surface area contributed by atoms with E-state index in [1.807, 2.05) is 18.2 Å². The van der Waals surface area contributed by atoms with Gasteiger partial charge in [-0.05, 0) is 31.2 Å². The summed E-state index contributed by atoms with van der Waals surface area (Å²) in [7, 11) is 0. The first-order valence-electron chi connectivity index (χ1n) is 4.23. The van der Waals surface area contributed by atoms with Crippen LogP contribution in [0.2, 0.25) is 5.02 Å². The fourth-order valence-corrected chi connectivity index (χ4v) is 1.40. The third-order valence-corrected chi connectivity index (χ3v) is 2.09. The van der Waals surface area contributed by atoms with Crippen LogP contribution in [0.1, 0.15) is 25.5 Å². The molecule has 1 aromatic carbocycles. The summed E-state index contributed by atoms with van der Waals surface area (Å²) in [5.74, 6) is 0. The van der Waals surface area contributed by atoms with Crippen molar-refractivity contribution in [2.45, 2.75) is 19.9 Å². The molecule has 0 aliphatic heterocycles. The third kappa shape index (κ3) is 2.50. The van der Waals surface area contributed by atoms with Crippen LogP contribution in [0.25, 0.3) is 0 Å². The highest BCUT2D eigenvalue weighted by atomic mass is 35.5. The first-order valence-corrected chi connectivity index (χ1v) is 4.60. The first kappa shape index (κ1) is 9.56. The van der Waals surface area contributed by atoms with E-state index in [1.165, 1.54) is 5.56 Å². The summed E-state index contributed by atoms with van der Waals surface area (Å²) in [4.78, 5) is 0. The molecule has 0 amide bonds. The monoisotopic (exact) mass is 183 g/mol. The molecule has 0 aromatic heterocycles. The number of benzene rings is 1. The van der Waals surface area contributed by atoms with E-state index < -0.39 is 0 Å². The van der Waals surface area contributed by atoms with Crippen molar-refractivity contribution in [3.63, 3.8) is 0 Å². The van der Waals surface area contributed by atoms with E-state index in [-0.39, 0.29) is 0 Å². The van der Waals surface area contributed by atoms with E-state index in [4.69, 9.17) is 11.6 Å². The molecule has 1 N–H and O–H groups in total. The molecule has 1 aromatic rings. The molecule has 1 unspecified atom stereocenters. The summed E-state index contributed by atoms with van der Waals surface area (Å²) >= 11 is 5.86. The maximum absolute atomic E-state index is 5.86. The Balaban J connectivity index is 2.73. The second-order valence-electron chi connectivity index (χ2n) is 2.83. The Morgan fingerprint density at radius 2 is 2.25 bits per heavy atom. The number of hydrogen-bond donors (Lipinski definition) is 1. The number of hydrogen-bond acceptors (Lipinski definition) is 1. The van der Waals surface area contributed by atoms with Gasteiger partial charge in [-0.3, -0.25) is 0 Å². The average molecular weight is 184 g/mol. The molecule has 12 heavy (non-hydrogen) atoms. The van der Waals surface area contributed by atoms with Gasteiger partial charge >= 0.3 is 0 Å². The molecule has 66 valence electrons. The second-order valence-corrected chi connectivity index (χ2v) is 3.27. The van der Waals surface area contributed by atoms with E-state index in [0.29, 0.717) is 6.04 Å². The Labute approximate surface area is 78.7 Å². The summed E-state index contributed by atoms with van der Waals surface area (Å²) in [6, 6.07) is 8.33. The molecule has 1 atom stereocenters. The molecule has 1 rings (SSSR count). The van der Waals surface area contributed by atoms with E-state index in [2.05, 4.69) is 25.2 Å². The summed E-state index contributed by atoms with van der Waals surface area (Å²) in [6.07, 6.45) is 0. The highest BCUT2D eigenvalue weighted by Crippen LogP contribution is 2.16. The lowest BCUT2D eigenvalue weighted by Crippen LogP contribution is -2.17. The molecule has 0 heterocycles. The highest BCUT2D eigenvalue weighted by molar-refractivity contribution is 6.30. The van der Waals surface area contributed by atoms with Crippen LogP contribution in [-0.4, -0.2) is 6.54 Å². The second kappa shape index (κ2) is 4.48. The third-order valence-electron chi connectivity index (χ3n) is 1.86. The highest BCUT2D eigenvalue weighted by Gasteiger charge is 2.02. The van der Waals surface area contributed by atoms with Gasteiger partial charge in [-0.1, -0.05) is 30.7 Å². The van der Waals surface area contributed by atoms with E-state index in [9.17, 15) is 0 Å². The molecular formula is C10H14ClN. The molecule has 0 bridgehead atoms. The van der Waals surface area contributed by atoms with Gasteiger partial charge in [0.1, 0.15) is 0 Å². The molecule has 0 spiro atoms. The van der Waals surface area contributed by atoms with Crippen molar-refractivity contribution in [1.82, 2.24) is 5.32 Å². The zero-order valence-electron chi connectivity index (χ0n) is 7.47. The predicted molar refractivity (Wildman–Crippen MR) is 53.5 cm³/mol. The van der Waals surface area contributed by atoms with Crippen molar-refractivity contribution in [1.29, 1.82) is 0 Å². The van der Waals surface area contributed by atoms with Gasteiger partial charge in [-0.2, -0.15) is 0 Å². The van der Waals surface area contributed by atoms with Crippen LogP contribution in [0, 0.1) is 0 Å². The molecular weight excluding hydrogens is 170 g/mol. The fourth-order valence-electron chi connectivity index (χ4n) is 1.20. The summed E-state index contributed by atoms with van der Waals surface area (Å²) < 4.78 is 0. The van der Waals surface area contributed by atoms with Gasteiger partial charge in [0, 0.05) is 11.1 Å². The maximum atomic E-state index is 5.86. The van der Waals surface area contributed by atoms with E-state index in [1.54, 1.807) is 0 Å². The SMILES string of the molecule is CCNC(C)c1cccc(Cl)c1. The van der Waals surface area contributed by atoms with E-state index in [0.717, 1.165) is 11.6 Å². The average Bonchev–Trinajstić information content (AvgIpc) is 2.05. The minimum atomic E-state index is 0.383. The van der Waals surface area contributed by atoms with Crippen LogP contribution in [0.3, 0.4) is 0 Å². The maximum Gasteiger partial charge on any atom is 0.0409 e. The lowest BCUT2D eigenvalue weighted by Gasteiger charge is -2.12. The standard InChI is InChI=1S/C10H14ClN/c1-3-12-8(2)9-5-4-6-10(11)7-9/h4-8,12H,3H2,1-2H3. The lowest BCUT2D eigenvalue weighted by molar-refractivity contribution is 0.598. The number of rotatable bonds is 3. The van der Waals surface area contributed by atoms with Crippen molar-refractivity contribution in [2.24, 2.45) is 0 Å². The first-order chi connectivity index (χ1) is 5.74. The van der Waals surface area contributed by atoms with Crippen LogP contribution < -0.4 is 5.32 Å². The molecule has 0 aliphatic rings. The van der Waals surface area contributed by atoms with Crippen molar-refractivity contribution < 1.29 is 0 Å². The molecule has 0 aliphatic carbocycles. The smallest absolute Gasteiger partial charge is 0.0409 e. The lowest BCUT2D eigenvalue weighted by atomic mass is 10.1. The van der Waals surface area contributed by atoms with Crippen molar-refractivity contribution in [3.05, 3.63) is 34.9 Å². The molecule has 0 radical (unpaired) electrons. The van der Waals surface area contributed by atoms with Crippen LogP contribution in [0.5, 0.6) is 0 Å². The van der Waals surface area contributed by atoms with Gasteiger partial charge in [0.25, 0.3) is 0 Å². The van der Waals surface area contributed by atoms with Crippen molar-refractivity contribution >= 4 is 11.6 Å². The van der Waals surface area contributed by atoms with Gasteiger partial charge in [0.05, 0.1) is 0 Å².